The molecule has 1 saturated carbocycles. The fourth-order valence-corrected chi connectivity index (χ4v) is 3.00. The molecule has 3 rings (SSSR count). The minimum atomic E-state index is -0.0567. The predicted octanol–water partition coefficient (Wildman–Crippen LogP) is 2.88. The third-order valence-corrected chi connectivity index (χ3v) is 4.44. The Morgan fingerprint density at radius 3 is 2.76 bits per heavy atom. The molecule has 3 N–H and O–H groups in total. The largest absolute Gasteiger partial charge is 0.490 e. The molecule has 0 aliphatic heterocycles. The SMILES string of the molecule is Cc1cc2c(=O)[nH]ccc2cc1OC1CCC(C)(N)CC1. The van der Waals surface area contributed by atoms with E-state index < -0.39 is 0 Å². The molecule has 0 amide bonds. The highest BCUT2D eigenvalue weighted by atomic mass is 16.5. The van der Waals surface area contributed by atoms with Crippen LogP contribution >= 0.6 is 0 Å². The molecule has 4 heteroatoms. The first-order valence-electron chi connectivity index (χ1n) is 7.52. The maximum absolute atomic E-state index is 11.8. The Labute approximate surface area is 124 Å². The number of H-pyrrole nitrogens is 1. The number of hydrogen-bond donors (Lipinski definition) is 2. The van der Waals surface area contributed by atoms with E-state index in [9.17, 15) is 4.79 Å². The van der Waals surface area contributed by atoms with Crippen LogP contribution in [0.4, 0.5) is 0 Å². The van der Waals surface area contributed by atoms with E-state index in [0.717, 1.165) is 42.4 Å². The normalized spacial score (nSPS) is 26.0. The molecule has 1 aromatic carbocycles. The molecule has 0 spiro atoms. The average Bonchev–Trinajstić information content (AvgIpc) is 2.43. The van der Waals surface area contributed by atoms with Crippen molar-refractivity contribution in [2.75, 3.05) is 0 Å². The van der Waals surface area contributed by atoms with Crippen LogP contribution in [0.25, 0.3) is 10.8 Å². The standard InChI is InChI=1S/C17H22N2O2/c1-11-9-14-12(5-8-19-16(14)20)10-15(11)21-13-3-6-17(2,18)7-4-13/h5,8-10,13H,3-4,6-7,18H2,1-2H3,(H,19,20). The highest BCUT2D eigenvalue weighted by Gasteiger charge is 2.28. The lowest BCUT2D eigenvalue weighted by Crippen LogP contribution is -2.42. The molecule has 1 aromatic heterocycles. The molecule has 1 heterocycles. The van der Waals surface area contributed by atoms with Gasteiger partial charge in [-0.25, -0.2) is 0 Å². The molecule has 0 atom stereocenters. The zero-order valence-corrected chi connectivity index (χ0v) is 12.6. The van der Waals surface area contributed by atoms with E-state index in [4.69, 9.17) is 10.5 Å². The van der Waals surface area contributed by atoms with E-state index in [1.807, 2.05) is 25.1 Å². The number of hydrogen-bond acceptors (Lipinski definition) is 3. The van der Waals surface area contributed by atoms with Gasteiger partial charge in [-0.3, -0.25) is 4.79 Å². The van der Waals surface area contributed by atoms with Gasteiger partial charge in [0.2, 0.25) is 0 Å². The van der Waals surface area contributed by atoms with E-state index in [1.54, 1.807) is 6.20 Å². The summed E-state index contributed by atoms with van der Waals surface area (Å²) in [7, 11) is 0. The molecular weight excluding hydrogens is 264 g/mol. The van der Waals surface area contributed by atoms with Crippen molar-refractivity contribution in [1.82, 2.24) is 4.98 Å². The Bertz CT molecular complexity index is 708. The van der Waals surface area contributed by atoms with E-state index >= 15 is 0 Å². The molecule has 0 saturated heterocycles. The van der Waals surface area contributed by atoms with Crippen LogP contribution in [0.15, 0.2) is 29.2 Å². The second kappa shape index (κ2) is 5.19. The van der Waals surface area contributed by atoms with Crippen molar-refractivity contribution < 1.29 is 4.74 Å². The Kier molecular flexibility index (Phi) is 3.49. The summed E-state index contributed by atoms with van der Waals surface area (Å²) in [4.78, 5) is 14.5. The first kappa shape index (κ1) is 14.1. The summed E-state index contributed by atoms with van der Waals surface area (Å²) in [5, 5.41) is 1.62. The zero-order chi connectivity index (χ0) is 15.0. The van der Waals surface area contributed by atoms with Gasteiger partial charge in [0.1, 0.15) is 5.75 Å². The number of ether oxygens (including phenoxy) is 1. The number of aryl methyl sites for hydroxylation is 1. The fourth-order valence-electron chi connectivity index (χ4n) is 3.00. The van der Waals surface area contributed by atoms with Crippen molar-refractivity contribution in [1.29, 1.82) is 0 Å². The van der Waals surface area contributed by atoms with E-state index in [2.05, 4.69) is 11.9 Å². The quantitative estimate of drug-likeness (QED) is 0.892. The number of pyridine rings is 1. The van der Waals surface area contributed by atoms with Crippen LogP contribution in [0.1, 0.15) is 38.2 Å². The number of aromatic amines is 1. The molecule has 1 aliphatic rings. The topological polar surface area (TPSA) is 68.1 Å². The maximum atomic E-state index is 11.8. The second-order valence-electron chi connectivity index (χ2n) is 6.48. The highest BCUT2D eigenvalue weighted by Crippen LogP contribution is 2.31. The van der Waals surface area contributed by atoms with Crippen LogP contribution in [0.2, 0.25) is 0 Å². The van der Waals surface area contributed by atoms with Crippen LogP contribution in [-0.2, 0) is 0 Å². The molecule has 0 bridgehead atoms. The highest BCUT2D eigenvalue weighted by molar-refractivity contribution is 5.83. The van der Waals surface area contributed by atoms with Crippen molar-refractivity contribution in [2.45, 2.75) is 51.2 Å². The molecule has 112 valence electrons. The van der Waals surface area contributed by atoms with Crippen LogP contribution in [0.5, 0.6) is 5.75 Å². The minimum Gasteiger partial charge on any atom is -0.490 e. The molecule has 0 unspecified atom stereocenters. The van der Waals surface area contributed by atoms with Gasteiger partial charge < -0.3 is 15.5 Å². The van der Waals surface area contributed by atoms with E-state index in [0.29, 0.717) is 5.39 Å². The molecule has 1 fully saturated rings. The van der Waals surface area contributed by atoms with Gasteiger partial charge in [0.25, 0.3) is 5.56 Å². The third-order valence-electron chi connectivity index (χ3n) is 4.44. The Morgan fingerprint density at radius 1 is 1.33 bits per heavy atom. The van der Waals surface area contributed by atoms with Gasteiger partial charge in [-0.05, 0) is 68.7 Å². The number of benzene rings is 1. The monoisotopic (exact) mass is 286 g/mol. The lowest BCUT2D eigenvalue weighted by Gasteiger charge is -2.34. The van der Waals surface area contributed by atoms with Gasteiger partial charge in [0, 0.05) is 17.1 Å². The van der Waals surface area contributed by atoms with Crippen molar-refractivity contribution in [2.24, 2.45) is 5.73 Å². The molecule has 2 aromatic rings. The average molecular weight is 286 g/mol. The van der Waals surface area contributed by atoms with Crippen LogP contribution < -0.4 is 16.0 Å². The number of fused-ring (bicyclic) bond motifs is 1. The number of aromatic nitrogens is 1. The summed E-state index contributed by atoms with van der Waals surface area (Å²) in [6.07, 6.45) is 5.84. The fraction of sp³-hybridized carbons (Fsp3) is 0.471. The first-order chi connectivity index (χ1) is 9.94. The van der Waals surface area contributed by atoms with Crippen LogP contribution in [0, 0.1) is 6.92 Å². The van der Waals surface area contributed by atoms with Gasteiger partial charge in [-0.2, -0.15) is 0 Å². The summed E-state index contributed by atoms with van der Waals surface area (Å²) < 4.78 is 6.16. The third kappa shape index (κ3) is 2.95. The molecular formula is C17H22N2O2. The summed E-state index contributed by atoms with van der Waals surface area (Å²) in [6.45, 7) is 4.09. The van der Waals surface area contributed by atoms with Gasteiger partial charge in [0.05, 0.1) is 6.10 Å². The Morgan fingerprint density at radius 2 is 2.05 bits per heavy atom. The van der Waals surface area contributed by atoms with Gasteiger partial charge >= 0.3 is 0 Å². The van der Waals surface area contributed by atoms with E-state index in [1.165, 1.54) is 0 Å². The van der Waals surface area contributed by atoms with E-state index in [-0.39, 0.29) is 17.2 Å². The van der Waals surface area contributed by atoms with Crippen molar-refractivity contribution >= 4 is 10.8 Å². The van der Waals surface area contributed by atoms with Gasteiger partial charge in [0.15, 0.2) is 0 Å². The lowest BCUT2D eigenvalue weighted by atomic mass is 9.83. The summed E-state index contributed by atoms with van der Waals surface area (Å²) in [5.74, 6) is 0.874. The van der Waals surface area contributed by atoms with Crippen LogP contribution in [-0.4, -0.2) is 16.6 Å². The first-order valence-corrected chi connectivity index (χ1v) is 7.52. The van der Waals surface area contributed by atoms with Crippen molar-refractivity contribution in [3.8, 4) is 5.75 Å². The van der Waals surface area contributed by atoms with Gasteiger partial charge in [-0.1, -0.05) is 0 Å². The summed E-state index contributed by atoms with van der Waals surface area (Å²) in [5.41, 5.74) is 7.05. The molecule has 0 radical (unpaired) electrons. The molecule has 21 heavy (non-hydrogen) atoms. The lowest BCUT2D eigenvalue weighted by molar-refractivity contribution is 0.123. The number of rotatable bonds is 2. The summed E-state index contributed by atoms with van der Waals surface area (Å²) >= 11 is 0. The van der Waals surface area contributed by atoms with Gasteiger partial charge in [-0.15, -0.1) is 0 Å². The van der Waals surface area contributed by atoms with Crippen molar-refractivity contribution in [3.05, 3.63) is 40.3 Å². The Balaban J connectivity index is 1.85. The molecule has 1 aliphatic carbocycles. The van der Waals surface area contributed by atoms with Crippen molar-refractivity contribution in [3.63, 3.8) is 0 Å². The van der Waals surface area contributed by atoms with Crippen LogP contribution in [0.3, 0.4) is 0 Å². The predicted molar refractivity (Wildman–Crippen MR) is 84.8 cm³/mol. The summed E-state index contributed by atoms with van der Waals surface area (Å²) in [6, 6.07) is 5.77. The number of nitrogens with one attached hydrogen (secondary N) is 1. The minimum absolute atomic E-state index is 0.0500. The zero-order valence-electron chi connectivity index (χ0n) is 12.6. The number of nitrogens with two attached hydrogens (primary N) is 1. The smallest absolute Gasteiger partial charge is 0.255 e. The second-order valence-corrected chi connectivity index (χ2v) is 6.48. The molecule has 4 nitrogen and oxygen atoms in total. The Hall–Kier alpha value is -1.81. The maximum Gasteiger partial charge on any atom is 0.255 e.